The SMILES string of the molecule is CCS(=O)(=O)Nc1ccc(C(=O)C2CCCCC2)cc1. The average Bonchev–Trinajstić information content (AvgIpc) is 2.48. The molecule has 0 aromatic heterocycles. The van der Waals surface area contributed by atoms with E-state index in [4.69, 9.17) is 0 Å². The Kier molecular flexibility index (Phi) is 4.81. The van der Waals surface area contributed by atoms with Crippen LogP contribution in [0.3, 0.4) is 0 Å². The van der Waals surface area contributed by atoms with Gasteiger partial charge in [-0.3, -0.25) is 9.52 Å². The molecule has 110 valence electrons. The number of carbonyl (C=O) groups is 1. The van der Waals surface area contributed by atoms with Gasteiger partial charge in [-0.2, -0.15) is 0 Å². The highest BCUT2D eigenvalue weighted by Gasteiger charge is 2.22. The monoisotopic (exact) mass is 295 g/mol. The number of hydrogen-bond donors (Lipinski definition) is 1. The maximum Gasteiger partial charge on any atom is 0.232 e. The lowest BCUT2D eigenvalue weighted by Gasteiger charge is -2.20. The van der Waals surface area contributed by atoms with Gasteiger partial charge < -0.3 is 0 Å². The minimum Gasteiger partial charge on any atom is -0.294 e. The lowest BCUT2D eigenvalue weighted by molar-refractivity contribution is 0.0889. The summed E-state index contributed by atoms with van der Waals surface area (Å²) in [5, 5.41) is 0. The molecule has 5 heteroatoms. The average molecular weight is 295 g/mol. The zero-order valence-electron chi connectivity index (χ0n) is 11.8. The fourth-order valence-corrected chi connectivity index (χ4v) is 3.19. The van der Waals surface area contributed by atoms with Crippen LogP contribution in [0, 0.1) is 5.92 Å². The van der Waals surface area contributed by atoms with Crippen LogP contribution in [0.5, 0.6) is 0 Å². The van der Waals surface area contributed by atoms with Crippen LogP contribution in [0.25, 0.3) is 0 Å². The predicted octanol–water partition coefficient (Wildman–Crippen LogP) is 3.21. The number of ketones is 1. The fourth-order valence-electron chi connectivity index (χ4n) is 2.55. The van der Waals surface area contributed by atoms with E-state index in [1.165, 1.54) is 6.42 Å². The molecule has 0 radical (unpaired) electrons. The first-order chi connectivity index (χ1) is 9.52. The van der Waals surface area contributed by atoms with Crippen molar-refractivity contribution in [1.82, 2.24) is 0 Å². The molecule has 0 unspecified atom stereocenters. The second kappa shape index (κ2) is 6.39. The minimum atomic E-state index is -3.26. The van der Waals surface area contributed by atoms with Gasteiger partial charge in [0.15, 0.2) is 5.78 Å². The van der Waals surface area contributed by atoms with Crippen LogP contribution in [0.2, 0.25) is 0 Å². The Morgan fingerprint density at radius 1 is 1.15 bits per heavy atom. The third-order valence-corrected chi connectivity index (χ3v) is 5.11. The van der Waals surface area contributed by atoms with E-state index < -0.39 is 10.0 Å². The number of hydrogen-bond acceptors (Lipinski definition) is 3. The first-order valence-corrected chi connectivity index (χ1v) is 8.82. The molecule has 1 aliphatic carbocycles. The third-order valence-electron chi connectivity index (χ3n) is 3.80. The van der Waals surface area contributed by atoms with Crippen molar-refractivity contribution in [3.05, 3.63) is 29.8 Å². The van der Waals surface area contributed by atoms with Gasteiger partial charge in [0.05, 0.1) is 5.75 Å². The van der Waals surface area contributed by atoms with Crippen molar-refractivity contribution in [1.29, 1.82) is 0 Å². The van der Waals surface area contributed by atoms with E-state index in [0.717, 1.165) is 25.7 Å². The number of anilines is 1. The molecule has 0 saturated heterocycles. The van der Waals surface area contributed by atoms with Crippen molar-refractivity contribution in [3.63, 3.8) is 0 Å². The fraction of sp³-hybridized carbons (Fsp3) is 0.533. The van der Waals surface area contributed by atoms with Crippen molar-refractivity contribution in [2.45, 2.75) is 39.0 Å². The summed E-state index contributed by atoms with van der Waals surface area (Å²) < 4.78 is 25.4. The van der Waals surface area contributed by atoms with Crippen molar-refractivity contribution in [2.75, 3.05) is 10.5 Å². The van der Waals surface area contributed by atoms with E-state index in [9.17, 15) is 13.2 Å². The predicted molar refractivity (Wildman–Crippen MR) is 80.4 cm³/mol. The lowest BCUT2D eigenvalue weighted by atomic mass is 9.84. The molecule has 1 aromatic carbocycles. The molecule has 1 aromatic rings. The Morgan fingerprint density at radius 2 is 1.75 bits per heavy atom. The number of nitrogens with one attached hydrogen (secondary N) is 1. The normalized spacial score (nSPS) is 16.9. The van der Waals surface area contributed by atoms with Crippen LogP contribution in [-0.4, -0.2) is 20.0 Å². The van der Waals surface area contributed by atoms with Gasteiger partial charge in [-0.1, -0.05) is 19.3 Å². The molecule has 0 spiro atoms. The lowest BCUT2D eigenvalue weighted by Crippen LogP contribution is -2.18. The maximum absolute atomic E-state index is 12.3. The van der Waals surface area contributed by atoms with Gasteiger partial charge in [-0.15, -0.1) is 0 Å². The molecule has 1 aliphatic rings. The summed E-state index contributed by atoms with van der Waals surface area (Å²) in [6, 6.07) is 6.74. The molecule has 0 heterocycles. The number of sulfonamides is 1. The number of carbonyl (C=O) groups excluding carboxylic acids is 1. The molecular weight excluding hydrogens is 274 g/mol. The van der Waals surface area contributed by atoms with Gasteiger partial charge in [-0.25, -0.2) is 8.42 Å². The van der Waals surface area contributed by atoms with E-state index in [1.807, 2.05) is 0 Å². The molecule has 20 heavy (non-hydrogen) atoms. The smallest absolute Gasteiger partial charge is 0.232 e. The first kappa shape index (κ1) is 15.0. The van der Waals surface area contributed by atoms with Gasteiger partial charge in [0.1, 0.15) is 0 Å². The van der Waals surface area contributed by atoms with Crippen LogP contribution in [0.1, 0.15) is 49.4 Å². The molecule has 0 bridgehead atoms. The number of Topliss-reactive ketones (excluding diaryl/α,β-unsaturated/α-hetero) is 1. The van der Waals surface area contributed by atoms with E-state index >= 15 is 0 Å². The molecule has 1 N–H and O–H groups in total. The second-order valence-corrected chi connectivity index (χ2v) is 7.29. The van der Waals surface area contributed by atoms with Crippen LogP contribution < -0.4 is 4.72 Å². The Morgan fingerprint density at radius 3 is 2.30 bits per heavy atom. The number of benzene rings is 1. The Hall–Kier alpha value is -1.36. The van der Waals surface area contributed by atoms with Gasteiger partial charge in [0.2, 0.25) is 10.0 Å². The molecule has 0 amide bonds. The van der Waals surface area contributed by atoms with Crippen LogP contribution >= 0.6 is 0 Å². The highest BCUT2D eigenvalue weighted by Crippen LogP contribution is 2.27. The zero-order chi connectivity index (χ0) is 14.6. The highest BCUT2D eigenvalue weighted by molar-refractivity contribution is 7.92. The van der Waals surface area contributed by atoms with Gasteiger partial charge >= 0.3 is 0 Å². The van der Waals surface area contributed by atoms with Crippen LogP contribution in [0.15, 0.2) is 24.3 Å². The summed E-state index contributed by atoms with van der Waals surface area (Å²) in [5.74, 6) is 0.368. The van der Waals surface area contributed by atoms with Crippen molar-refractivity contribution < 1.29 is 13.2 Å². The highest BCUT2D eigenvalue weighted by atomic mass is 32.2. The molecule has 1 saturated carbocycles. The van der Waals surface area contributed by atoms with Crippen LogP contribution in [-0.2, 0) is 10.0 Å². The van der Waals surface area contributed by atoms with E-state index in [0.29, 0.717) is 11.3 Å². The summed E-state index contributed by atoms with van der Waals surface area (Å²) in [6.07, 6.45) is 5.43. The first-order valence-electron chi connectivity index (χ1n) is 7.16. The summed E-state index contributed by atoms with van der Waals surface area (Å²) in [4.78, 5) is 12.3. The molecule has 0 atom stereocenters. The van der Waals surface area contributed by atoms with Crippen molar-refractivity contribution in [3.8, 4) is 0 Å². The third kappa shape index (κ3) is 3.82. The summed E-state index contributed by atoms with van der Waals surface area (Å²) in [5.41, 5.74) is 1.18. The molecule has 1 fully saturated rings. The minimum absolute atomic E-state index is 0.0375. The van der Waals surface area contributed by atoms with Gasteiger partial charge in [0.25, 0.3) is 0 Å². The second-order valence-electron chi connectivity index (χ2n) is 5.28. The summed E-state index contributed by atoms with van der Waals surface area (Å²) >= 11 is 0. The molecule has 0 aliphatic heterocycles. The topological polar surface area (TPSA) is 63.2 Å². The largest absolute Gasteiger partial charge is 0.294 e. The van der Waals surface area contributed by atoms with Crippen LogP contribution in [0.4, 0.5) is 5.69 Å². The Labute approximate surface area is 120 Å². The van der Waals surface area contributed by atoms with E-state index in [2.05, 4.69) is 4.72 Å². The summed E-state index contributed by atoms with van der Waals surface area (Å²) in [6.45, 7) is 1.59. The number of rotatable bonds is 5. The molecule has 2 rings (SSSR count). The van der Waals surface area contributed by atoms with Gasteiger partial charge in [0, 0.05) is 17.2 Å². The van der Waals surface area contributed by atoms with Crippen molar-refractivity contribution in [2.24, 2.45) is 5.92 Å². The summed E-state index contributed by atoms with van der Waals surface area (Å²) in [7, 11) is -3.26. The maximum atomic E-state index is 12.3. The molecule has 4 nitrogen and oxygen atoms in total. The Balaban J connectivity index is 2.06. The Bertz CT molecular complexity index is 557. The van der Waals surface area contributed by atoms with E-state index in [1.54, 1.807) is 31.2 Å². The van der Waals surface area contributed by atoms with Crippen molar-refractivity contribution >= 4 is 21.5 Å². The van der Waals surface area contributed by atoms with Gasteiger partial charge in [-0.05, 0) is 44.0 Å². The standard InChI is InChI=1S/C15H21NO3S/c1-2-20(18,19)16-14-10-8-13(9-11-14)15(17)12-6-4-3-5-7-12/h8-12,16H,2-7H2,1H3. The molecular formula is C15H21NO3S. The quantitative estimate of drug-likeness (QED) is 0.848. The zero-order valence-corrected chi connectivity index (χ0v) is 12.6. The van der Waals surface area contributed by atoms with E-state index in [-0.39, 0.29) is 17.5 Å².